The highest BCUT2D eigenvalue weighted by atomic mass is 14.9. The van der Waals surface area contributed by atoms with E-state index < -0.39 is 0 Å². The molecule has 2 rings (SSSR count). The highest BCUT2D eigenvalue weighted by Crippen LogP contribution is 2.29. The van der Waals surface area contributed by atoms with Crippen LogP contribution in [0.5, 0.6) is 0 Å². The standard InChI is InChI=1S/C16H25N/c1-12-7-8-13(2)15(11-12)10-9-14-5-4-6-16(14)17-3/h7-8,11,14,16-17H,4-6,9-10H2,1-3H3. The van der Waals surface area contributed by atoms with Gasteiger partial charge in [-0.1, -0.05) is 30.2 Å². The molecule has 1 saturated carbocycles. The van der Waals surface area contributed by atoms with E-state index in [2.05, 4.69) is 44.4 Å². The topological polar surface area (TPSA) is 12.0 Å². The Labute approximate surface area is 106 Å². The van der Waals surface area contributed by atoms with Crippen molar-refractivity contribution in [3.63, 3.8) is 0 Å². The Morgan fingerprint density at radius 2 is 2.06 bits per heavy atom. The van der Waals surface area contributed by atoms with Gasteiger partial charge < -0.3 is 5.32 Å². The molecule has 0 aromatic heterocycles. The molecule has 1 heteroatoms. The van der Waals surface area contributed by atoms with Gasteiger partial charge in [0.1, 0.15) is 0 Å². The molecule has 0 heterocycles. The van der Waals surface area contributed by atoms with Crippen LogP contribution in [0.2, 0.25) is 0 Å². The molecule has 1 N–H and O–H groups in total. The summed E-state index contributed by atoms with van der Waals surface area (Å²) in [7, 11) is 2.11. The first-order valence-corrected chi connectivity index (χ1v) is 6.94. The van der Waals surface area contributed by atoms with Gasteiger partial charge in [-0.05, 0) is 63.6 Å². The second kappa shape index (κ2) is 5.68. The predicted octanol–water partition coefficient (Wildman–Crippen LogP) is 3.62. The van der Waals surface area contributed by atoms with Crippen molar-refractivity contribution in [2.24, 2.45) is 5.92 Å². The monoisotopic (exact) mass is 231 g/mol. The number of nitrogens with one attached hydrogen (secondary N) is 1. The van der Waals surface area contributed by atoms with Crippen molar-refractivity contribution >= 4 is 0 Å². The SMILES string of the molecule is CNC1CCCC1CCc1cc(C)ccc1C. The summed E-state index contributed by atoms with van der Waals surface area (Å²) in [4.78, 5) is 0. The normalized spacial score (nSPS) is 24.2. The van der Waals surface area contributed by atoms with E-state index in [1.54, 1.807) is 5.56 Å². The van der Waals surface area contributed by atoms with Gasteiger partial charge in [-0.15, -0.1) is 0 Å². The molecule has 1 aromatic rings. The van der Waals surface area contributed by atoms with Crippen LogP contribution in [0.25, 0.3) is 0 Å². The Hall–Kier alpha value is -0.820. The summed E-state index contributed by atoms with van der Waals surface area (Å²) in [5.74, 6) is 0.889. The minimum absolute atomic E-state index is 0.764. The van der Waals surface area contributed by atoms with Crippen LogP contribution in [0, 0.1) is 19.8 Å². The Bertz CT molecular complexity index is 370. The molecule has 0 aliphatic heterocycles. The summed E-state index contributed by atoms with van der Waals surface area (Å²) in [5.41, 5.74) is 4.39. The van der Waals surface area contributed by atoms with E-state index in [4.69, 9.17) is 0 Å². The molecule has 94 valence electrons. The first kappa shape index (κ1) is 12.6. The van der Waals surface area contributed by atoms with E-state index >= 15 is 0 Å². The van der Waals surface area contributed by atoms with E-state index in [0.29, 0.717) is 0 Å². The summed E-state index contributed by atoms with van der Waals surface area (Å²) in [6.45, 7) is 4.42. The lowest BCUT2D eigenvalue weighted by atomic mass is 9.93. The van der Waals surface area contributed by atoms with Gasteiger partial charge in [0.2, 0.25) is 0 Å². The molecule has 1 aliphatic carbocycles. The van der Waals surface area contributed by atoms with Gasteiger partial charge in [0.15, 0.2) is 0 Å². The van der Waals surface area contributed by atoms with E-state index in [0.717, 1.165) is 12.0 Å². The highest BCUT2D eigenvalue weighted by Gasteiger charge is 2.25. The summed E-state index contributed by atoms with van der Waals surface area (Å²) >= 11 is 0. The zero-order valence-corrected chi connectivity index (χ0v) is 11.4. The molecule has 2 unspecified atom stereocenters. The molecule has 1 aliphatic rings. The largest absolute Gasteiger partial charge is 0.317 e. The zero-order chi connectivity index (χ0) is 12.3. The molecule has 0 amide bonds. The fourth-order valence-corrected chi connectivity index (χ4v) is 3.17. The third kappa shape index (κ3) is 3.10. The Morgan fingerprint density at radius 1 is 1.24 bits per heavy atom. The minimum atomic E-state index is 0.764. The van der Waals surface area contributed by atoms with Crippen LogP contribution in [-0.2, 0) is 6.42 Å². The second-order valence-electron chi connectivity index (χ2n) is 5.55. The van der Waals surface area contributed by atoms with Gasteiger partial charge in [0, 0.05) is 6.04 Å². The van der Waals surface area contributed by atoms with Crippen LogP contribution in [0.4, 0.5) is 0 Å². The fourth-order valence-electron chi connectivity index (χ4n) is 3.17. The van der Waals surface area contributed by atoms with Crippen LogP contribution < -0.4 is 5.32 Å². The Morgan fingerprint density at radius 3 is 2.82 bits per heavy atom. The molecule has 1 fully saturated rings. The lowest BCUT2D eigenvalue weighted by Gasteiger charge is -2.19. The summed E-state index contributed by atoms with van der Waals surface area (Å²) < 4.78 is 0. The quantitative estimate of drug-likeness (QED) is 0.834. The third-order valence-electron chi connectivity index (χ3n) is 4.32. The van der Waals surface area contributed by atoms with Crippen LogP contribution in [0.15, 0.2) is 18.2 Å². The molecule has 0 bridgehead atoms. The first-order valence-electron chi connectivity index (χ1n) is 6.94. The van der Waals surface area contributed by atoms with E-state index in [1.807, 2.05) is 0 Å². The molecular formula is C16H25N. The average molecular weight is 231 g/mol. The average Bonchev–Trinajstić information content (AvgIpc) is 2.77. The first-order chi connectivity index (χ1) is 8.20. The van der Waals surface area contributed by atoms with Crippen LogP contribution in [-0.4, -0.2) is 13.1 Å². The highest BCUT2D eigenvalue weighted by molar-refractivity contribution is 5.30. The predicted molar refractivity (Wildman–Crippen MR) is 74.4 cm³/mol. The van der Waals surface area contributed by atoms with Crippen molar-refractivity contribution in [2.75, 3.05) is 7.05 Å². The maximum absolute atomic E-state index is 3.48. The second-order valence-corrected chi connectivity index (χ2v) is 5.55. The molecule has 2 atom stereocenters. The molecule has 0 saturated heterocycles. The maximum atomic E-state index is 3.48. The van der Waals surface area contributed by atoms with Crippen LogP contribution in [0.3, 0.4) is 0 Å². The Kier molecular flexibility index (Phi) is 4.22. The van der Waals surface area contributed by atoms with Crippen molar-refractivity contribution in [1.29, 1.82) is 0 Å². The summed E-state index contributed by atoms with van der Waals surface area (Å²) in [6, 6.07) is 7.60. The molecule has 1 nitrogen and oxygen atoms in total. The number of aryl methyl sites for hydroxylation is 3. The molecule has 17 heavy (non-hydrogen) atoms. The minimum Gasteiger partial charge on any atom is -0.317 e. The van der Waals surface area contributed by atoms with Crippen molar-refractivity contribution in [2.45, 2.75) is 52.0 Å². The van der Waals surface area contributed by atoms with Gasteiger partial charge in [-0.25, -0.2) is 0 Å². The lowest BCUT2D eigenvalue weighted by molar-refractivity contribution is 0.400. The third-order valence-corrected chi connectivity index (χ3v) is 4.32. The molecule has 0 radical (unpaired) electrons. The smallest absolute Gasteiger partial charge is 0.00924 e. The van der Waals surface area contributed by atoms with Crippen molar-refractivity contribution in [1.82, 2.24) is 5.32 Å². The summed E-state index contributed by atoms with van der Waals surface area (Å²) in [5, 5.41) is 3.48. The molecular weight excluding hydrogens is 206 g/mol. The van der Waals surface area contributed by atoms with Crippen LogP contribution in [0.1, 0.15) is 42.4 Å². The van der Waals surface area contributed by atoms with Crippen molar-refractivity contribution in [3.8, 4) is 0 Å². The van der Waals surface area contributed by atoms with E-state index in [1.165, 1.54) is 43.2 Å². The zero-order valence-electron chi connectivity index (χ0n) is 11.4. The van der Waals surface area contributed by atoms with Crippen LogP contribution >= 0.6 is 0 Å². The van der Waals surface area contributed by atoms with Gasteiger partial charge in [0.05, 0.1) is 0 Å². The number of hydrogen-bond acceptors (Lipinski definition) is 1. The van der Waals surface area contributed by atoms with Crippen molar-refractivity contribution < 1.29 is 0 Å². The molecule has 0 spiro atoms. The maximum Gasteiger partial charge on any atom is 0.00924 e. The summed E-state index contributed by atoms with van der Waals surface area (Å²) in [6.07, 6.45) is 6.78. The fraction of sp³-hybridized carbons (Fsp3) is 0.625. The van der Waals surface area contributed by atoms with E-state index in [-0.39, 0.29) is 0 Å². The van der Waals surface area contributed by atoms with Gasteiger partial charge in [0.25, 0.3) is 0 Å². The molecule has 1 aromatic carbocycles. The number of hydrogen-bond donors (Lipinski definition) is 1. The van der Waals surface area contributed by atoms with Gasteiger partial charge in [-0.2, -0.15) is 0 Å². The van der Waals surface area contributed by atoms with E-state index in [9.17, 15) is 0 Å². The number of rotatable bonds is 4. The number of benzene rings is 1. The van der Waals surface area contributed by atoms with Gasteiger partial charge >= 0.3 is 0 Å². The van der Waals surface area contributed by atoms with Gasteiger partial charge in [-0.3, -0.25) is 0 Å². The Balaban J connectivity index is 1.95. The lowest BCUT2D eigenvalue weighted by Crippen LogP contribution is -2.29. The van der Waals surface area contributed by atoms with Crippen molar-refractivity contribution in [3.05, 3.63) is 34.9 Å².